The zero-order chi connectivity index (χ0) is 19.6. The minimum absolute atomic E-state index is 0. The summed E-state index contributed by atoms with van der Waals surface area (Å²) in [4.78, 5) is 37.7. The third kappa shape index (κ3) is 4.76. The van der Waals surface area contributed by atoms with Crippen LogP contribution in [0.1, 0.15) is 0 Å². The normalized spacial score (nSPS) is 21.9. The topological polar surface area (TPSA) is 122 Å². The number of rotatable bonds is 7. The van der Waals surface area contributed by atoms with Crippen LogP contribution in [0.25, 0.3) is 0 Å². The van der Waals surface area contributed by atoms with E-state index < -0.39 is 40.4 Å². The second kappa shape index (κ2) is 10.1. The number of thioether (sulfide) groups is 1. The third-order valence-corrected chi connectivity index (χ3v) is 6.81. The summed E-state index contributed by atoms with van der Waals surface area (Å²) in [6.45, 7) is 0.0832. The molecule has 1 aromatic carbocycles. The molecule has 8 nitrogen and oxygen atoms in total. The van der Waals surface area contributed by atoms with Gasteiger partial charge in [-0.25, -0.2) is 0 Å². The number of carbonyl (C=O) groups is 3. The van der Waals surface area contributed by atoms with Crippen molar-refractivity contribution in [3.05, 3.63) is 41.6 Å². The molecule has 1 N–H and O–H groups in total. The van der Waals surface area contributed by atoms with E-state index in [1.165, 1.54) is 18.9 Å². The van der Waals surface area contributed by atoms with Crippen LogP contribution in [0.3, 0.4) is 0 Å². The molecule has 2 amide bonds. The summed E-state index contributed by atoms with van der Waals surface area (Å²) in [6.07, 6.45) is 0. The Labute approximate surface area is 191 Å². The number of nitrogens with one attached hydrogen (secondary N) is 1. The average Bonchev–Trinajstić information content (AvgIpc) is 2.66. The molecule has 0 saturated carbocycles. The number of amides is 2. The van der Waals surface area contributed by atoms with Gasteiger partial charge in [0.25, 0.3) is 11.8 Å². The minimum Gasteiger partial charge on any atom is -0.611 e. The van der Waals surface area contributed by atoms with Crippen LogP contribution in [0.15, 0.2) is 46.5 Å². The fraction of sp³-hybridized carbons (Fsp3) is 0.353. The van der Waals surface area contributed by atoms with Crippen LogP contribution in [-0.2, 0) is 30.3 Å². The zero-order valence-electron chi connectivity index (χ0n) is 15.4. The van der Waals surface area contributed by atoms with Crippen LogP contribution in [0.2, 0.25) is 0 Å². The molecule has 1 aromatic rings. The van der Waals surface area contributed by atoms with E-state index in [1.807, 2.05) is 0 Å². The van der Waals surface area contributed by atoms with E-state index in [-0.39, 0.29) is 47.6 Å². The number of fused-ring (bicyclic) bond motifs is 1. The van der Waals surface area contributed by atoms with Crippen molar-refractivity contribution in [2.75, 3.05) is 25.2 Å². The molecule has 0 radical (unpaired) electrons. The zero-order valence-corrected chi connectivity index (χ0v) is 19.0. The van der Waals surface area contributed by atoms with Gasteiger partial charge < -0.3 is 24.5 Å². The maximum absolute atomic E-state index is 12.4. The van der Waals surface area contributed by atoms with Crippen molar-refractivity contribution in [3.63, 3.8) is 0 Å². The van der Waals surface area contributed by atoms with E-state index in [9.17, 15) is 24.0 Å². The van der Waals surface area contributed by atoms with Crippen LogP contribution in [0, 0.1) is 0 Å². The number of carboxylic acids is 1. The van der Waals surface area contributed by atoms with E-state index in [0.717, 1.165) is 4.90 Å². The second-order valence-electron chi connectivity index (χ2n) is 5.93. The number of nitrogens with zero attached hydrogens (tertiary/aromatic N) is 1. The monoisotopic (exact) mass is 432 g/mol. The molecule has 11 heteroatoms. The van der Waals surface area contributed by atoms with Gasteiger partial charge in [-0.15, -0.1) is 11.8 Å². The number of β-lactam (4-membered cyclic amide) rings is 1. The molecular weight excluding hydrogens is 415 g/mol. The van der Waals surface area contributed by atoms with Crippen molar-refractivity contribution in [1.82, 2.24) is 10.2 Å². The molecule has 2 aliphatic rings. The maximum atomic E-state index is 12.4. The number of methoxy groups -OCH3 is 1. The van der Waals surface area contributed by atoms with Crippen LogP contribution in [0.5, 0.6) is 0 Å². The van der Waals surface area contributed by atoms with Gasteiger partial charge in [0.1, 0.15) is 11.4 Å². The van der Waals surface area contributed by atoms with Crippen molar-refractivity contribution in [3.8, 4) is 0 Å². The minimum atomic E-state index is -1.53. The summed E-state index contributed by atoms with van der Waals surface area (Å²) in [5.41, 5.74) is 0.269. The Morgan fingerprint density at radius 3 is 2.64 bits per heavy atom. The summed E-state index contributed by atoms with van der Waals surface area (Å²) in [7, 11) is 1.43. The molecule has 3 atom stereocenters. The van der Waals surface area contributed by atoms with E-state index in [2.05, 4.69) is 5.32 Å². The van der Waals surface area contributed by atoms with Gasteiger partial charge in [-0.2, -0.15) is 0 Å². The quantitative estimate of drug-likeness (QED) is 0.264. The van der Waals surface area contributed by atoms with Gasteiger partial charge in [-0.3, -0.25) is 14.5 Å². The van der Waals surface area contributed by atoms with Crippen LogP contribution in [0.4, 0.5) is 0 Å². The van der Waals surface area contributed by atoms with Crippen molar-refractivity contribution < 1.29 is 58.3 Å². The fourth-order valence-corrected chi connectivity index (χ4v) is 5.22. The van der Waals surface area contributed by atoms with E-state index in [0.29, 0.717) is 16.2 Å². The SMILES string of the molecule is COCC1=C(C(=O)[O-])N2C(=O)C(NC(=O)C[S+]([O-])c3ccccc3)[C@@H]2SC1.[Na+]. The van der Waals surface area contributed by atoms with Gasteiger partial charge >= 0.3 is 29.6 Å². The summed E-state index contributed by atoms with van der Waals surface area (Å²) >= 11 is -0.188. The molecule has 0 aliphatic carbocycles. The standard InChI is InChI=1S/C17H18N2O6S2.Na/c1-25-7-10-8-26-16-13(15(21)19(16)14(10)17(22)23)18-12(20)9-27(24)11-5-3-2-4-6-11;/h2-6,13,16H,7-9H2,1H3,(H,18,20)(H,22,23);/q;+1/p-1/t13?,16-,27?;/m0./s1. The maximum Gasteiger partial charge on any atom is 1.00 e. The summed E-state index contributed by atoms with van der Waals surface area (Å²) in [6, 6.07) is 7.69. The fourth-order valence-electron chi connectivity index (χ4n) is 2.95. The van der Waals surface area contributed by atoms with Crippen LogP contribution in [-0.4, -0.2) is 63.9 Å². The summed E-state index contributed by atoms with van der Waals surface area (Å²) < 4.78 is 17.2. The van der Waals surface area contributed by atoms with Crippen LogP contribution >= 0.6 is 11.8 Å². The Morgan fingerprint density at radius 2 is 2.04 bits per heavy atom. The Balaban J connectivity index is 0.00000280. The van der Waals surface area contributed by atoms with Gasteiger partial charge in [0.15, 0.2) is 10.6 Å². The van der Waals surface area contributed by atoms with Gasteiger partial charge in [0, 0.05) is 12.9 Å². The molecule has 1 fully saturated rings. The number of aliphatic carboxylic acids is 1. The number of benzene rings is 1. The molecular formula is C17H17N2NaO6S2. The largest absolute Gasteiger partial charge is 1.00 e. The molecule has 0 spiro atoms. The second-order valence-corrected chi connectivity index (χ2v) is 8.49. The first-order valence-electron chi connectivity index (χ1n) is 8.03. The summed E-state index contributed by atoms with van der Waals surface area (Å²) in [5.74, 6) is -2.43. The Hall–Kier alpha value is -1.01. The predicted octanol–water partition coefficient (Wildman–Crippen LogP) is -4.15. The Morgan fingerprint density at radius 1 is 1.36 bits per heavy atom. The molecule has 2 unspecified atom stereocenters. The van der Waals surface area contributed by atoms with Gasteiger partial charge in [-0.1, -0.05) is 18.2 Å². The van der Waals surface area contributed by atoms with Gasteiger partial charge in [-0.05, 0) is 28.9 Å². The van der Waals surface area contributed by atoms with E-state index >= 15 is 0 Å². The predicted molar refractivity (Wildman–Crippen MR) is 96.6 cm³/mol. The first kappa shape index (κ1) is 23.3. The van der Waals surface area contributed by atoms with Crippen molar-refractivity contribution in [2.45, 2.75) is 16.3 Å². The number of ether oxygens (including phenoxy) is 1. The van der Waals surface area contributed by atoms with Crippen LogP contribution < -0.4 is 40.0 Å². The van der Waals surface area contributed by atoms with Crippen molar-refractivity contribution in [2.24, 2.45) is 0 Å². The van der Waals surface area contributed by atoms with E-state index in [1.54, 1.807) is 30.3 Å². The van der Waals surface area contributed by atoms with Gasteiger partial charge in [0.2, 0.25) is 0 Å². The number of carbonyl (C=O) groups excluding carboxylic acids is 3. The molecule has 0 bridgehead atoms. The molecule has 2 heterocycles. The first-order chi connectivity index (χ1) is 12.9. The molecule has 144 valence electrons. The van der Waals surface area contributed by atoms with Gasteiger partial charge in [0.05, 0.1) is 18.3 Å². The average molecular weight is 432 g/mol. The Kier molecular flexibility index (Phi) is 8.44. The summed E-state index contributed by atoms with van der Waals surface area (Å²) in [5, 5.41) is 13.5. The number of carboxylic acid groups (broad SMARTS) is 1. The molecule has 3 rings (SSSR count). The third-order valence-electron chi connectivity index (χ3n) is 4.14. The molecule has 2 aliphatic heterocycles. The first-order valence-corrected chi connectivity index (χ1v) is 10.4. The van der Waals surface area contributed by atoms with Crippen molar-refractivity contribution in [1.29, 1.82) is 0 Å². The van der Waals surface area contributed by atoms with Crippen molar-refractivity contribution >= 4 is 40.7 Å². The smallest absolute Gasteiger partial charge is 0.611 e. The Bertz CT molecular complexity index is 791. The molecule has 1 saturated heterocycles. The molecule has 28 heavy (non-hydrogen) atoms. The van der Waals surface area contributed by atoms with E-state index in [4.69, 9.17) is 4.74 Å². The number of hydrogen-bond acceptors (Lipinski definition) is 7. The number of hydrogen-bond donors (Lipinski definition) is 1. The molecule has 0 aromatic heterocycles.